The highest BCUT2D eigenvalue weighted by Crippen LogP contribution is 2.14. The second-order valence-electron chi connectivity index (χ2n) is 6.60. The van der Waals surface area contributed by atoms with Gasteiger partial charge in [0.05, 0.1) is 6.54 Å². The fraction of sp³-hybridized carbons (Fsp3) is 0.611. The van der Waals surface area contributed by atoms with E-state index in [1.807, 2.05) is 0 Å². The normalized spacial score (nSPS) is 22.8. The minimum Gasteiger partial charge on any atom is -0.352 e. The minimum absolute atomic E-state index is 0.457. The molecular weight excluding hydrogens is 272 g/mol. The van der Waals surface area contributed by atoms with Gasteiger partial charge in [0.15, 0.2) is 5.96 Å². The molecule has 0 spiro atoms. The van der Waals surface area contributed by atoms with Crippen molar-refractivity contribution in [3.8, 4) is 0 Å². The standard InChI is InChI=1S/C18H28N4/c1-15-12-19-18(21-15)20-13-16-6-8-17(9-7-16)14-22-10-4-2-3-5-11-22/h6-9,15H,2-5,10-14H2,1H3,(H2,19,20,21). The van der Waals surface area contributed by atoms with Gasteiger partial charge in [0.2, 0.25) is 0 Å². The van der Waals surface area contributed by atoms with Crippen molar-refractivity contribution in [1.82, 2.24) is 15.5 Å². The van der Waals surface area contributed by atoms with Crippen molar-refractivity contribution in [2.24, 2.45) is 4.99 Å². The molecular formula is C18H28N4. The van der Waals surface area contributed by atoms with Crippen molar-refractivity contribution < 1.29 is 0 Å². The molecule has 0 aromatic heterocycles. The number of nitrogens with one attached hydrogen (secondary N) is 2. The molecule has 0 radical (unpaired) electrons. The van der Waals surface area contributed by atoms with E-state index in [9.17, 15) is 0 Å². The van der Waals surface area contributed by atoms with E-state index >= 15 is 0 Å². The van der Waals surface area contributed by atoms with E-state index in [0.29, 0.717) is 6.04 Å². The smallest absolute Gasteiger partial charge is 0.191 e. The summed E-state index contributed by atoms with van der Waals surface area (Å²) in [5.74, 6) is 0.932. The molecule has 4 nitrogen and oxygen atoms in total. The number of nitrogens with zero attached hydrogens (tertiary/aromatic N) is 2. The highest BCUT2D eigenvalue weighted by atomic mass is 15.2. The molecule has 120 valence electrons. The molecule has 1 saturated heterocycles. The summed E-state index contributed by atoms with van der Waals surface area (Å²) in [6, 6.07) is 9.47. The van der Waals surface area contributed by atoms with Gasteiger partial charge in [0.25, 0.3) is 0 Å². The summed E-state index contributed by atoms with van der Waals surface area (Å²) in [6.45, 7) is 7.47. The van der Waals surface area contributed by atoms with E-state index in [0.717, 1.165) is 25.6 Å². The predicted octanol–water partition coefficient (Wildman–Crippen LogP) is 2.50. The zero-order chi connectivity index (χ0) is 15.2. The lowest BCUT2D eigenvalue weighted by Gasteiger charge is -2.19. The molecule has 0 aliphatic carbocycles. The largest absolute Gasteiger partial charge is 0.352 e. The van der Waals surface area contributed by atoms with Crippen LogP contribution in [0.2, 0.25) is 0 Å². The van der Waals surface area contributed by atoms with Gasteiger partial charge in [-0.1, -0.05) is 37.1 Å². The number of hydrogen-bond acceptors (Lipinski definition) is 4. The van der Waals surface area contributed by atoms with Gasteiger partial charge in [-0.25, -0.2) is 0 Å². The molecule has 4 heteroatoms. The fourth-order valence-electron chi connectivity index (χ4n) is 3.16. The minimum atomic E-state index is 0.457. The fourth-order valence-corrected chi connectivity index (χ4v) is 3.16. The van der Waals surface area contributed by atoms with Crippen LogP contribution in [-0.4, -0.2) is 36.5 Å². The van der Waals surface area contributed by atoms with E-state index in [4.69, 9.17) is 0 Å². The Kier molecular flexibility index (Phi) is 5.33. The highest BCUT2D eigenvalue weighted by Gasteiger charge is 2.12. The lowest BCUT2D eigenvalue weighted by atomic mass is 10.1. The van der Waals surface area contributed by atoms with E-state index in [2.05, 4.69) is 51.7 Å². The number of benzene rings is 1. The van der Waals surface area contributed by atoms with Crippen molar-refractivity contribution >= 4 is 5.96 Å². The molecule has 2 aliphatic heterocycles. The van der Waals surface area contributed by atoms with Crippen LogP contribution in [0.15, 0.2) is 29.3 Å². The molecule has 1 unspecified atom stereocenters. The van der Waals surface area contributed by atoms with Crippen LogP contribution in [0.25, 0.3) is 0 Å². The lowest BCUT2D eigenvalue weighted by molar-refractivity contribution is 0.277. The Hall–Kier alpha value is -1.55. The molecule has 2 aliphatic rings. The Balaban J connectivity index is 1.47. The molecule has 0 amide bonds. The Labute approximate surface area is 134 Å². The first-order valence-corrected chi connectivity index (χ1v) is 8.64. The summed E-state index contributed by atoms with van der Waals surface area (Å²) >= 11 is 0. The maximum Gasteiger partial charge on any atom is 0.191 e. The summed E-state index contributed by atoms with van der Waals surface area (Å²) in [5.41, 5.74) is 2.74. The molecule has 2 N–H and O–H groups in total. The van der Waals surface area contributed by atoms with Crippen LogP contribution >= 0.6 is 0 Å². The van der Waals surface area contributed by atoms with Gasteiger partial charge in [-0.05, 0) is 44.0 Å². The second-order valence-corrected chi connectivity index (χ2v) is 6.60. The van der Waals surface area contributed by atoms with Crippen LogP contribution in [0.1, 0.15) is 43.7 Å². The number of likely N-dealkylation sites (tertiary alicyclic amines) is 1. The Morgan fingerprint density at radius 3 is 2.41 bits per heavy atom. The maximum absolute atomic E-state index is 4.42. The monoisotopic (exact) mass is 300 g/mol. The van der Waals surface area contributed by atoms with Gasteiger partial charge in [-0.2, -0.15) is 0 Å². The van der Waals surface area contributed by atoms with Crippen LogP contribution in [0.3, 0.4) is 0 Å². The third kappa shape index (κ3) is 4.47. The quantitative estimate of drug-likeness (QED) is 0.897. The molecule has 0 saturated carbocycles. The van der Waals surface area contributed by atoms with Crippen molar-refractivity contribution in [1.29, 1.82) is 0 Å². The maximum atomic E-state index is 4.42. The third-order valence-corrected chi connectivity index (χ3v) is 4.49. The lowest BCUT2D eigenvalue weighted by Crippen LogP contribution is -2.37. The molecule has 1 fully saturated rings. The van der Waals surface area contributed by atoms with Gasteiger partial charge in [-0.3, -0.25) is 9.89 Å². The topological polar surface area (TPSA) is 39.7 Å². The van der Waals surface area contributed by atoms with Crippen LogP contribution in [0.5, 0.6) is 0 Å². The predicted molar refractivity (Wildman–Crippen MR) is 91.9 cm³/mol. The summed E-state index contributed by atoms with van der Waals surface area (Å²) in [5, 5.41) is 6.69. The first-order chi connectivity index (χ1) is 10.8. The van der Waals surface area contributed by atoms with Crippen LogP contribution in [0.4, 0.5) is 0 Å². The van der Waals surface area contributed by atoms with E-state index in [1.165, 1.54) is 49.9 Å². The van der Waals surface area contributed by atoms with Gasteiger partial charge in [0.1, 0.15) is 0 Å². The van der Waals surface area contributed by atoms with Gasteiger partial charge in [0, 0.05) is 19.1 Å². The van der Waals surface area contributed by atoms with E-state index in [-0.39, 0.29) is 0 Å². The van der Waals surface area contributed by atoms with Crippen LogP contribution < -0.4 is 10.6 Å². The molecule has 22 heavy (non-hydrogen) atoms. The van der Waals surface area contributed by atoms with Gasteiger partial charge in [-0.15, -0.1) is 0 Å². The van der Waals surface area contributed by atoms with Crippen LogP contribution in [-0.2, 0) is 13.1 Å². The number of aliphatic imine (C=N–C) groups is 1. The first kappa shape index (κ1) is 15.3. The van der Waals surface area contributed by atoms with Gasteiger partial charge >= 0.3 is 0 Å². The third-order valence-electron chi connectivity index (χ3n) is 4.49. The zero-order valence-corrected chi connectivity index (χ0v) is 13.6. The molecule has 0 bridgehead atoms. The summed E-state index contributed by atoms with van der Waals surface area (Å²) in [6.07, 6.45) is 5.51. The SMILES string of the molecule is CC1CN=C(NCc2ccc(CN3CCCCCC3)cc2)N1. The molecule has 2 heterocycles. The molecule has 1 aromatic rings. The van der Waals surface area contributed by atoms with Crippen molar-refractivity contribution in [3.05, 3.63) is 35.4 Å². The van der Waals surface area contributed by atoms with Crippen molar-refractivity contribution in [2.45, 2.75) is 51.7 Å². The van der Waals surface area contributed by atoms with Crippen molar-refractivity contribution in [3.63, 3.8) is 0 Å². The Bertz CT molecular complexity index is 486. The number of hydrogen-bond donors (Lipinski definition) is 2. The Morgan fingerprint density at radius 2 is 1.77 bits per heavy atom. The average Bonchev–Trinajstić information content (AvgIpc) is 2.79. The van der Waals surface area contributed by atoms with Crippen molar-refractivity contribution in [2.75, 3.05) is 19.6 Å². The summed E-state index contributed by atoms with van der Waals surface area (Å²) in [4.78, 5) is 7.02. The zero-order valence-electron chi connectivity index (χ0n) is 13.6. The van der Waals surface area contributed by atoms with E-state index < -0.39 is 0 Å². The molecule has 1 aromatic carbocycles. The number of guanidine groups is 1. The summed E-state index contributed by atoms with van der Waals surface area (Å²) < 4.78 is 0. The average molecular weight is 300 g/mol. The van der Waals surface area contributed by atoms with E-state index in [1.54, 1.807) is 0 Å². The number of rotatable bonds is 4. The summed E-state index contributed by atoms with van der Waals surface area (Å²) in [7, 11) is 0. The highest BCUT2D eigenvalue weighted by molar-refractivity contribution is 5.81. The Morgan fingerprint density at radius 1 is 1.09 bits per heavy atom. The van der Waals surface area contributed by atoms with Crippen LogP contribution in [0, 0.1) is 0 Å². The second kappa shape index (κ2) is 7.63. The molecule has 1 atom stereocenters. The first-order valence-electron chi connectivity index (χ1n) is 8.64. The van der Waals surface area contributed by atoms with Gasteiger partial charge < -0.3 is 10.6 Å². The molecule has 3 rings (SSSR count).